The maximum absolute atomic E-state index is 11.9. The van der Waals surface area contributed by atoms with E-state index in [1.165, 1.54) is 10.8 Å². The number of fused-ring (bicyclic) bond motifs is 1. The lowest BCUT2D eigenvalue weighted by molar-refractivity contribution is -0.116. The average molecular weight is 314 g/mol. The maximum Gasteiger partial charge on any atom is 0.244 e. The first-order valence-electron chi connectivity index (χ1n) is 8.21. The van der Waals surface area contributed by atoms with Gasteiger partial charge in [0.05, 0.1) is 0 Å². The number of nitrogens with zero attached hydrogens (tertiary/aromatic N) is 1. The van der Waals surface area contributed by atoms with Crippen LogP contribution in [0, 0.1) is 0 Å². The highest BCUT2D eigenvalue weighted by molar-refractivity contribution is 5.94. The molecule has 0 bridgehead atoms. The minimum atomic E-state index is -0.0289. The fourth-order valence-electron chi connectivity index (χ4n) is 2.79. The maximum atomic E-state index is 11.9. The number of hydrogen-bond acceptors (Lipinski definition) is 2. The molecule has 4 rings (SSSR count). The summed E-state index contributed by atoms with van der Waals surface area (Å²) in [6, 6.07) is 17.0. The zero-order chi connectivity index (χ0) is 16.4. The van der Waals surface area contributed by atoms with Crippen LogP contribution in [-0.4, -0.2) is 16.9 Å². The molecule has 1 N–H and O–H groups in total. The van der Waals surface area contributed by atoms with Crippen molar-refractivity contribution in [2.45, 2.75) is 18.9 Å². The van der Waals surface area contributed by atoms with Crippen LogP contribution in [-0.2, 0) is 4.79 Å². The summed E-state index contributed by atoms with van der Waals surface area (Å²) in [4.78, 5) is 16.1. The predicted molar refractivity (Wildman–Crippen MR) is 97.4 cm³/mol. The molecule has 1 amide bonds. The van der Waals surface area contributed by atoms with Crippen molar-refractivity contribution in [2.75, 3.05) is 0 Å². The van der Waals surface area contributed by atoms with Crippen LogP contribution in [0.3, 0.4) is 0 Å². The monoisotopic (exact) mass is 314 g/mol. The number of amides is 1. The largest absolute Gasteiger partial charge is 0.350 e. The first kappa shape index (κ1) is 14.6. The summed E-state index contributed by atoms with van der Waals surface area (Å²) in [5.74, 6) is -0.0289. The molecule has 3 heteroatoms. The smallest absolute Gasteiger partial charge is 0.244 e. The molecule has 0 radical (unpaired) electrons. The van der Waals surface area contributed by atoms with Gasteiger partial charge < -0.3 is 5.32 Å². The summed E-state index contributed by atoms with van der Waals surface area (Å²) in [6.45, 7) is 0. The molecule has 1 aromatic heterocycles. The van der Waals surface area contributed by atoms with Crippen LogP contribution in [0.5, 0.6) is 0 Å². The van der Waals surface area contributed by atoms with E-state index in [0.717, 1.165) is 29.5 Å². The van der Waals surface area contributed by atoms with Crippen LogP contribution in [0.4, 0.5) is 0 Å². The van der Waals surface area contributed by atoms with E-state index in [9.17, 15) is 4.79 Å². The SMILES string of the molecule is O=C(/C=C/c1ccncc1-c1ccc2ccccc2c1)NC1CC1. The van der Waals surface area contributed by atoms with Crippen LogP contribution >= 0.6 is 0 Å². The number of nitrogens with one attached hydrogen (secondary N) is 1. The highest BCUT2D eigenvalue weighted by atomic mass is 16.1. The third-order valence-electron chi connectivity index (χ3n) is 4.25. The topological polar surface area (TPSA) is 42.0 Å². The molecule has 2 aromatic carbocycles. The van der Waals surface area contributed by atoms with Gasteiger partial charge in [0.15, 0.2) is 0 Å². The van der Waals surface area contributed by atoms with Crippen molar-refractivity contribution in [1.82, 2.24) is 10.3 Å². The molecule has 1 saturated carbocycles. The summed E-state index contributed by atoms with van der Waals surface area (Å²) in [6.07, 6.45) is 9.27. The Hall–Kier alpha value is -2.94. The molecule has 3 aromatic rings. The van der Waals surface area contributed by atoms with Gasteiger partial charge in [0.25, 0.3) is 0 Å². The summed E-state index contributed by atoms with van der Waals surface area (Å²) < 4.78 is 0. The normalized spacial score (nSPS) is 14.2. The van der Waals surface area contributed by atoms with Gasteiger partial charge in [-0.3, -0.25) is 9.78 Å². The molecule has 1 heterocycles. The molecule has 0 atom stereocenters. The highest BCUT2D eigenvalue weighted by Gasteiger charge is 2.22. The second kappa shape index (κ2) is 6.28. The summed E-state index contributed by atoms with van der Waals surface area (Å²) in [5, 5.41) is 5.37. The van der Waals surface area contributed by atoms with Crippen LogP contribution in [0.15, 0.2) is 67.0 Å². The third-order valence-corrected chi connectivity index (χ3v) is 4.25. The van der Waals surface area contributed by atoms with E-state index < -0.39 is 0 Å². The Balaban J connectivity index is 1.66. The summed E-state index contributed by atoms with van der Waals surface area (Å²) in [5.41, 5.74) is 3.12. The van der Waals surface area contributed by atoms with Crippen molar-refractivity contribution in [3.05, 3.63) is 72.6 Å². The number of pyridine rings is 1. The Labute approximate surface area is 141 Å². The van der Waals surface area contributed by atoms with E-state index in [2.05, 4.69) is 40.6 Å². The van der Waals surface area contributed by atoms with Crippen molar-refractivity contribution in [2.24, 2.45) is 0 Å². The number of carbonyl (C=O) groups excluding carboxylic acids is 1. The van der Waals surface area contributed by atoms with E-state index in [4.69, 9.17) is 0 Å². The lowest BCUT2D eigenvalue weighted by Gasteiger charge is -2.07. The molecule has 0 aliphatic heterocycles. The molecule has 0 unspecified atom stereocenters. The van der Waals surface area contributed by atoms with Gasteiger partial charge in [-0.05, 0) is 52.9 Å². The van der Waals surface area contributed by atoms with Crippen molar-refractivity contribution in [3.63, 3.8) is 0 Å². The zero-order valence-corrected chi connectivity index (χ0v) is 13.3. The van der Waals surface area contributed by atoms with E-state index in [1.807, 2.05) is 30.5 Å². The lowest BCUT2D eigenvalue weighted by atomic mass is 9.98. The Kier molecular flexibility index (Phi) is 3.83. The van der Waals surface area contributed by atoms with Crippen molar-refractivity contribution >= 4 is 22.8 Å². The lowest BCUT2D eigenvalue weighted by Crippen LogP contribution is -2.22. The second-order valence-corrected chi connectivity index (χ2v) is 6.14. The number of benzene rings is 2. The van der Waals surface area contributed by atoms with Gasteiger partial charge in [-0.1, -0.05) is 36.4 Å². The first-order valence-corrected chi connectivity index (χ1v) is 8.21. The molecule has 0 spiro atoms. The average Bonchev–Trinajstić information content (AvgIpc) is 3.44. The Morgan fingerprint density at radius 3 is 2.75 bits per heavy atom. The molecular weight excluding hydrogens is 296 g/mol. The molecular formula is C21H18N2O. The minimum Gasteiger partial charge on any atom is -0.350 e. The van der Waals surface area contributed by atoms with E-state index in [0.29, 0.717) is 6.04 Å². The van der Waals surface area contributed by atoms with Gasteiger partial charge in [0.1, 0.15) is 0 Å². The molecule has 1 aliphatic rings. The van der Waals surface area contributed by atoms with Gasteiger partial charge in [-0.15, -0.1) is 0 Å². The quantitative estimate of drug-likeness (QED) is 0.734. The van der Waals surface area contributed by atoms with Gasteiger partial charge in [-0.25, -0.2) is 0 Å². The van der Waals surface area contributed by atoms with E-state index in [-0.39, 0.29) is 5.91 Å². The standard InChI is InChI=1S/C21H18N2O/c24-21(23-19-8-9-19)10-7-16-11-12-22-14-20(16)18-6-5-15-3-1-2-4-17(15)13-18/h1-7,10-14,19H,8-9H2,(H,23,24)/b10-7+. The van der Waals surface area contributed by atoms with Crippen LogP contribution in [0.2, 0.25) is 0 Å². The number of hydrogen-bond donors (Lipinski definition) is 1. The second-order valence-electron chi connectivity index (χ2n) is 6.14. The van der Waals surface area contributed by atoms with Crippen LogP contribution in [0.1, 0.15) is 18.4 Å². The predicted octanol–water partition coefficient (Wildman–Crippen LogP) is 4.19. The third kappa shape index (κ3) is 3.20. The van der Waals surface area contributed by atoms with Gasteiger partial charge >= 0.3 is 0 Å². The zero-order valence-electron chi connectivity index (χ0n) is 13.3. The first-order chi connectivity index (χ1) is 11.8. The van der Waals surface area contributed by atoms with Gasteiger partial charge in [-0.2, -0.15) is 0 Å². The molecule has 1 aliphatic carbocycles. The van der Waals surface area contributed by atoms with Crippen LogP contribution in [0.25, 0.3) is 28.0 Å². The van der Waals surface area contributed by atoms with Gasteiger partial charge in [0, 0.05) is 30.1 Å². The van der Waals surface area contributed by atoms with Crippen molar-refractivity contribution in [3.8, 4) is 11.1 Å². The molecule has 3 nitrogen and oxygen atoms in total. The fraction of sp³-hybridized carbons (Fsp3) is 0.143. The molecule has 0 saturated heterocycles. The summed E-state index contributed by atoms with van der Waals surface area (Å²) in [7, 11) is 0. The van der Waals surface area contributed by atoms with E-state index in [1.54, 1.807) is 12.3 Å². The Morgan fingerprint density at radius 1 is 1.08 bits per heavy atom. The van der Waals surface area contributed by atoms with Crippen molar-refractivity contribution in [1.29, 1.82) is 0 Å². The minimum absolute atomic E-state index is 0.0289. The summed E-state index contributed by atoms with van der Waals surface area (Å²) >= 11 is 0. The van der Waals surface area contributed by atoms with Gasteiger partial charge in [0.2, 0.25) is 5.91 Å². The molecule has 24 heavy (non-hydrogen) atoms. The molecule has 1 fully saturated rings. The number of aromatic nitrogens is 1. The Morgan fingerprint density at radius 2 is 1.92 bits per heavy atom. The van der Waals surface area contributed by atoms with Crippen LogP contribution < -0.4 is 5.32 Å². The van der Waals surface area contributed by atoms with E-state index >= 15 is 0 Å². The highest BCUT2D eigenvalue weighted by Crippen LogP contribution is 2.27. The van der Waals surface area contributed by atoms with Crippen molar-refractivity contribution < 1.29 is 4.79 Å². The number of carbonyl (C=O) groups is 1. The fourth-order valence-corrected chi connectivity index (χ4v) is 2.79. The number of rotatable bonds is 4. The molecule has 118 valence electrons. The Bertz CT molecular complexity index is 926.